The van der Waals surface area contributed by atoms with Crippen molar-refractivity contribution in [1.82, 2.24) is 10.2 Å². The van der Waals surface area contributed by atoms with E-state index in [0.717, 1.165) is 18.4 Å². The lowest BCUT2D eigenvalue weighted by Crippen LogP contribution is -2.48. The van der Waals surface area contributed by atoms with E-state index in [4.69, 9.17) is 5.73 Å². The number of urea groups is 1. The summed E-state index contributed by atoms with van der Waals surface area (Å²) >= 11 is 0. The lowest BCUT2D eigenvalue weighted by Gasteiger charge is -2.31. The van der Waals surface area contributed by atoms with Crippen molar-refractivity contribution in [3.8, 4) is 0 Å². The van der Waals surface area contributed by atoms with Gasteiger partial charge in [0.2, 0.25) is 5.91 Å². The molecule has 21 heavy (non-hydrogen) atoms. The number of carbonyl (C=O) groups is 2. The zero-order valence-corrected chi connectivity index (χ0v) is 11.8. The smallest absolute Gasteiger partial charge is 0.314 e. The number of hydrogen-bond acceptors (Lipinski definition) is 2. The molecule has 0 saturated carbocycles. The fourth-order valence-corrected chi connectivity index (χ4v) is 2.45. The van der Waals surface area contributed by atoms with Gasteiger partial charge in [0.1, 0.15) is 5.82 Å². The van der Waals surface area contributed by atoms with Gasteiger partial charge in [-0.1, -0.05) is 12.1 Å². The van der Waals surface area contributed by atoms with Gasteiger partial charge < -0.3 is 16.0 Å². The second-order valence-electron chi connectivity index (χ2n) is 5.29. The molecule has 0 unspecified atom stereocenters. The van der Waals surface area contributed by atoms with Crippen LogP contribution < -0.4 is 11.1 Å². The molecule has 0 radical (unpaired) electrons. The Kier molecular flexibility index (Phi) is 5.14. The maximum Gasteiger partial charge on any atom is 0.314 e. The predicted octanol–water partition coefficient (Wildman–Crippen LogP) is 1.42. The first-order chi connectivity index (χ1) is 10.0. The third-order valence-electron chi connectivity index (χ3n) is 3.73. The van der Waals surface area contributed by atoms with Gasteiger partial charge in [0.15, 0.2) is 0 Å². The first kappa shape index (κ1) is 15.3. The minimum atomic E-state index is -0.406. The monoisotopic (exact) mass is 293 g/mol. The molecule has 1 heterocycles. The maximum atomic E-state index is 12.8. The van der Waals surface area contributed by atoms with Crippen LogP contribution in [0.4, 0.5) is 9.18 Å². The van der Waals surface area contributed by atoms with Crippen molar-refractivity contribution in [2.24, 2.45) is 5.73 Å². The first-order valence-electron chi connectivity index (χ1n) is 7.13. The third kappa shape index (κ3) is 4.73. The highest BCUT2D eigenvalue weighted by atomic mass is 19.1. The molecule has 114 valence electrons. The zero-order chi connectivity index (χ0) is 15.2. The Hall–Kier alpha value is -2.11. The normalized spacial score (nSPS) is 15.8. The topological polar surface area (TPSA) is 75.4 Å². The van der Waals surface area contributed by atoms with Gasteiger partial charge in [-0.2, -0.15) is 0 Å². The summed E-state index contributed by atoms with van der Waals surface area (Å²) in [4.78, 5) is 24.5. The summed E-state index contributed by atoms with van der Waals surface area (Å²) in [5.74, 6) is -0.290. The molecule has 0 aliphatic carbocycles. The van der Waals surface area contributed by atoms with Crippen LogP contribution in [0.15, 0.2) is 24.3 Å². The van der Waals surface area contributed by atoms with Crippen LogP contribution in [0.1, 0.15) is 24.8 Å². The molecule has 5 nitrogen and oxygen atoms in total. The number of primary amides is 1. The summed E-state index contributed by atoms with van der Waals surface area (Å²) in [6.45, 7) is 1.16. The van der Waals surface area contributed by atoms with E-state index in [9.17, 15) is 14.0 Å². The minimum absolute atomic E-state index is 0.0168. The molecule has 1 aliphatic heterocycles. The first-order valence-corrected chi connectivity index (χ1v) is 7.13. The number of amides is 3. The quantitative estimate of drug-likeness (QED) is 0.881. The van der Waals surface area contributed by atoms with E-state index in [1.165, 1.54) is 12.1 Å². The molecule has 1 aliphatic rings. The summed E-state index contributed by atoms with van der Waals surface area (Å²) in [5.41, 5.74) is 6.15. The number of hydrogen-bond donors (Lipinski definition) is 2. The maximum absolute atomic E-state index is 12.8. The Morgan fingerprint density at radius 2 is 1.86 bits per heavy atom. The van der Waals surface area contributed by atoms with Crippen molar-refractivity contribution in [2.75, 3.05) is 13.1 Å². The number of carbonyl (C=O) groups excluding carboxylic acids is 2. The minimum Gasteiger partial charge on any atom is -0.353 e. The van der Waals surface area contributed by atoms with Gasteiger partial charge in [0.05, 0.1) is 0 Å². The fourth-order valence-electron chi connectivity index (χ4n) is 2.45. The van der Waals surface area contributed by atoms with Crippen molar-refractivity contribution in [3.05, 3.63) is 35.6 Å². The van der Waals surface area contributed by atoms with Gasteiger partial charge in [0, 0.05) is 25.6 Å². The summed E-state index contributed by atoms with van der Waals surface area (Å²) in [6.07, 6.45) is 2.42. The van der Waals surface area contributed by atoms with Crippen molar-refractivity contribution < 1.29 is 14.0 Å². The van der Waals surface area contributed by atoms with Gasteiger partial charge in [-0.05, 0) is 37.0 Å². The number of nitrogens with zero attached hydrogens (tertiary/aromatic N) is 1. The molecule has 3 N–H and O–H groups in total. The molecule has 1 saturated heterocycles. The highest BCUT2D eigenvalue weighted by molar-refractivity contribution is 5.76. The number of nitrogens with one attached hydrogen (secondary N) is 1. The molecule has 0 aromatic heterocycles. The van der Waals surface area contributed by atoms with Gasteiger partial charge >= 0.3 is 6.03 Å². The molecule has 3 amide bonds. The van der Waals surface area contributed by atoms with Crippen LogP contribution in [0.2, 0.25) is 0 Å². The van der Waals surface area contributed by atoms with Crippen molar-refractivity contribution in [3.63, 3.8) is 0 Å². The molecule has 0 bridgehead atoms. The van der Waals surface area contributed by atoms with Crippen LogP contribution in [0, 0.1) is 5.82 Å². The number of benzene rings is 1. The molecular weight excluding hydrogens is 273 g/mol. The van der Waals surface area contributed by atoms with E-state index in [1.54, 1.807) is 17.0 Å². The van der Waals surface area contributed by atoms with E-state index in [1.807, 2.05) is 0 Å². The van der Waals surface area contributed by atoms with Crippen LogP contribution in [-0.2, 0) is 11.2 Å². The van der Waals surface area contributed by atoms with Crippen molar-refractivity contribution in [2.45, 2.75) is 31.7 Å². The molecule has 2 rings (SSSR count). The average molecular weight is 293 g/mol. The molecule has 0 spiro atoms. The Balaban J connectivity index is 1.70. The molecule has 0 atom stereocenters. The van der Waals surface area contributed by atoms with Crippen LogP contribution in [0.25, 0.3) is 0 Å². The lowest BCUT2D eigenvalue weighted by molar-refractivity contribution is -0.122. The molecular formula is C15H20FN3O2. The van der Waals surface area contributed by atoms with E-state index >= 15 is 0 Å². The zero-order valence-electron chi connectivity index (χ0n) is 11.8. The number of likely N-dealkylation sites (tertiary alicyclic amines) is 1. The largest absolute Gasteiger partial charge is 0.353 e. The van der Waals surface area contributed by atoms with Crippen molar-refractivity contribution >= 4 is 11.9 Å². The number of piperidine rings is 1. The van der Waals surface area contributed by atoms with Gasteiger partial charge in [0.25, 0.3) is 0 Å². The Morgan fingerprint density at radius 1 is 1.24 bits per heavy atom. The Labute approximate surface area is 123 Å². The van der Waals surface area contributed by atoms with Gasteiger partial charge in [-0.15, -0.1) is 0 Å². The summed E-state index contributed by atoms with van der Waals surface area (Å²) in [7, 11) is 0. The summed E-state index contributed by atoms with van der Waals surface area (Å²) < 4.78 is 12.8. The number of nitrogens with two attached hydrogens (primary N) is 1. The van der Waals surface area contributed by atoms with Crippen LogP contribution >= 0.6 is 0 Å². The van der Waals surface area contributed by atoms with Gasteiger partial charge in [-0.3, -0.25) is 4.79 Å². The SMILES string of the molecule is NC(=O)N1CCC(NC(=O)CCc2ccc(F)cc2)CC1. The number of halogens is 1. The van der Waals surface area contributed by atoms with Crippen LogP contribution in [0.3, 0.4) is 0 Å². The highest BCUT2D eigenvalue weighted by Crippen LogP contribution is 2.11. The summed E-state index contributed by atoms with van der Waals surface area (Å²) in [5, 5.41) is 2.97. The highest BCUT2D eigenvalue weighted by Gasteiger charge is 2.22. The number of rotatable bonds is 4. The van der Waals surface area contributed by atoms with Gasteiger partial charge in [-0.25, -0.2) is 9.18 Å². The van der Waals surface area contributed by atoms with E-state index in [2.05, 4.69) is 5.32 Å². The van der Waals surface area contributed by atoms with E-state index < -0.39 is 6.03 Å². The van der Waals surface area contributed by atoms with E-state index in [0.29, 0.717) is 25.9 Å². The Bertz CT molecular complexity index is 496. The second-order valence-corrected chi connectivity index (χ2v) is 5.29. The molecule has 6 heteroatoms. The second kappa shape index (κ2) is 7.06. The summed E-state index contributed by atoms with van der Waals surface area (Å²) in [6, 6.07) is 5.86. The third-order valence-corrected chi connectivity index (χ3v) is 3.73. The molecule has 1 aromatic carbocycles. The fraction of sp³-hybridized carbons (Fsp3) is 0.467. The van der Waals surface area contributed by atoms with Crippen LogP contribution in [-0.4, -0.2) is 36.0 Å². The van der Waals surface area contributed by atoms with Crippen molar-refractivity contribution in [1.29, 1.82) is 0 Å². The predicted molar refractivity (Wildman–Crippen MR) is 77.0 cm³/mol. The average Bonchev–Trinajstić information content (AvgIpc) is 2.47. The lowest BCUT2D eigenvalue weighted by atomic mass is 10.0. The molecule has 1 aromatic rings. The standard InChI is InChI=1S/C15H20FN3O2/c16-12-4-1-11(2-5-12)3-6-14(20)18-13-7-9-19(10-8-13)15(17)21/h1-2,4-5,13H,3,6-10H2,(H2,17,21)(H,18,20). The number of aryl methyl sites for hydroxylation is 1. The Morgan fingerprint density at radius 3 is 2.43 bits per heavy atom. The molecule has 1 fully saturated rings. The van der Waals surface area contributed by atoms with Crippen LogP contribution in [0.5, 0.6) is 0 Å². The van der Waals surface area contributed by atoms with E-state index in [-0.39, 0.29) is 17.8 Å².